The Labute approximate surface area is 214 Å². The summed E-state index contributed by atoms with van der Waals surface area (Å²) in [6.07, 6.45) is 17.1. The van der Waals surface area contributed by atoms with Gasteiger partial charge in [-0.05, 0) is 60.4 Å². The molecular weight excluding hydrogens is 448 g/mol. The number of benzene rings is 2. The van der Waals surface area contributed by atoms with Gasteiger partial charge in [0, 0.05) is 43.5 Å². The summed E-state index contributed by atoms with van der Waals surface area (Å²) in [4.78, 5) is 27.7. The highest BCUT2D eigenvalue weighted by Gasteiger charge is 2.23. The second kappa shape index (κ2) is 13.4. The molecule has 0 amide bonds. The lowest BCUT2D eigenvalue weighted by atomic mass is 9.92. The van der Waals surface area contributed by atoms with Crippen molar-refractivity contribution in [1.82, 2.24) is 0 Å². The van der Waals surface area contributed by atoms with Gasteiger partial charge in [-0.2, -0.15) is 0 Å². The van der Waals surface area contributed by atoms with Crippen molar-refractivity contribution in [2.75, 3.05) is 49.2 Å². The molecular formula is C31H34N2O3. The van der Waals surface area contributed by atoms with E-state index in [4.69, 9.17) is 4.74 Å². The van der Waals surface area contributed by atoms with E-state index in [9.17, 15) is 9.59 Å². The summed E-state index contributed by atoms with van der Waals surface area (Å²) in [6, 6.07) is 16.9. The van der Waals surface area contributed by atoms with Crippen molar-refractivity contribution in [2.45, 2.75) is 12.8 Å². The van der Waals surface area contributed by atoms with Crippen LogP contribution in [0.25, 0.3) is 12.2 Å². The zero-order valence-corrected chi connectivity index (χ0v) is 20.7. The quantitative estimate of drug-likeness (QED) is 0.274. The second-order valence-electron chi connectivity index (χ2n) is 9.04. The van der Waals surface area contributed by atoms with Crippen LogP contribution < -0.4 is 9.80 Å². The summed E-state index contributed by atoms with van der Waals surface area (Å²) in [7, 11) is 0. The maximum absolute atomic E-state index is 12.7. The van der Waals surface area contributed by atoms with E-state index >= 15 is 0 Å². The number of morpholine rings is 1. The molecule has 0 bridgehead atoms. The maximum atomic E-state index is 12.7. The molecule has 2 aromatic carbocycles. The number of piperidine rings is 1. The number of hydrogen-bond donors (Lipinski definition) is 0. The van der Waals surface area contributed by atoms with Gasteiger partial charge in [-0.25, -0.2) is 0 Å². The van der Waals surface area contributed by atoms with Crippen molar-refractivity contribution in [1.29, 1.82) is 0 Å². The van der Waals surface area contributed by atoms with Gasteiger partial charge in [-0.3, -0.25) is 9.59 Å². The van der Waals surface area contributed by atoms with Gasteiger partial charge in [0.1, 0.15) is 6.29 Å². The van der Waals surface area contributed by atoms with E-state index < -0.39 is 0 Å². The lowest BCUT2D eigenvalue weighted by molar-refractivity contribution is -0.118. The topological polar surface area (TPSA) is 49.9 Å². The van der Waals surface area contributed by atoms with Crippen LogP contribution in [-0.4, -0.2) is 51.5 Å². The number of carbonyl (C=O) groups is 2. The molecule has 2 aliphatic heterocycles. The molecule has 0 aromatic heterocycles. The van der Waals surface area contributed by atoms with E-state index in [1.165, 1.54) is 17.5 Å². The SMILES string of the molecule is O=CC=CC=Cc1ccc(N2CCC(C(=O)C=CC=Cc3ccc(N4CCOCC4)cc3)CC2)cc1. The number of anilines is 2. The minimum absolute atomic E-state index is 0.0884. The van der Waals surface area contributed by atoms with Crippen LogP contribution in [0.5, 0.6) is 0 Å². The fourth-order valence-corrected chi connectivity index (χ4v) is 4.57. The summed E-state index contributed by atoms with van der Waals surface area (Å²) in [5, 5.41) is 0. The third-order valence-electron chi connectivity index (χ3n) is 6.67. The van der Waals surface area contributed by atoms with Crippen molar-refractivity contribution >= 4 is 35.6 Å². The molecule has 5 heteroatoms. The summed E-state index contributed by atoms with van der Waals surface area (Å²) >= 11 is 0. The lowest BCUT2D eigenvalue weighted by Crippen LogP contribution is -2.36. The van der Waals surface area contributed by atoms with E-state index in [1.807, 2.05) is 30.4 Å². The smallest absolute Gasteiger partial charge is 0.158 e. The molecule has 2 aliphatic rings. The molecule has 0 spiro atoms. The number of ketones is 1. The Morgan fingerprint density at radius 2 is 1.22 bits per heavy atom. The number of nitrogens with zero attached hydrogens (tertiary/aromatic N) is 2. The Kier molecular flexibility index (Phi) is 9.46. The van der Waals surface area contributed by atoms with Crippen molar-refractivity contribution in [2.24, 2.45) is 5.92 Å². The Morgan fingerprint density at radius 3 is 1.78 bits per heavy atom. The van der Waals surface area contributed by atoms with E-state index in [2.05, 4.69) is 58.3 Å². The standard InChI is InChI=1S/C31H34N2O3/c34-23-5-1-2-6-26-9-13-29(14-10-26)32-19-17-28(18-20-32)31(35)8-4-3-7-27-11-15-30(16-12-27)33-21-24-36-25-22-33/h1-16,23,28H,17-22,24-25H2. The van der Waals surface area contributed by atoms with Gasteiger partial charge in [-0.15, -0.1) is 0 Å². The molecule has 0 aliphatic carbocycles. The van der Waals surface area contributed by atoms with Crippen LogP contribution in [0.4, 0.5) is 11.4 Å². The van der Waals surface area contributed by atoms with Crippen molar-refractivity contribution in [3.8, 4) is 0 Å². The first-order valence-electron chi connectivity index (χ1n) is 12.7. The van der Waals surface area contributed by atoms with Crippen LogP contribution in [0.2, 0.25) is 0 Å². The third-order valence-corrected chi connectivity index (χ3v) is 6.67. The van der Waals surface area contributed by atoms with Crippen LogP contribution >= 0.6 is 0 Å². The third kappa shape index (κ3) is 7.40. The number of aldehydes is 1. The van der Waals surface area contributed by atoms with E-state index in [0.717, 1.165) is 69.6 Å². The fourth-order valence-electron chi connectivity index (χ4n) is 4.57. The van der Waals surface area contributed by atoms with Gasteiger partial charge < -0.3 is 14.5 Å². The van der Waals surface area contributed by atoms with Crippen LogP contribution in [0.1, 0.15) is 24.0 Å². The first-order chi connectivity index (χ1) is 17.7. The predicted octanol–water partition coefficient (Wildman–Crippen LogP) is 5.35. The highest BCUT2D eigenvalue weighted by atomic mass is 16.5. The van der Waals surface area contributed by atoms with Gasteiger partial charge in [0.25, 0.3) is 0 Å². The first kappa shape index (κ1) is 25.4. The normalized spacial score (nSPS) is 17.7. The zero-order valence-electron chi connectivity index (χ0n) is 20.7. The maximum Gasteiger partial charge on any atom is 0.158 e. The van der Waals surface area contributed by atoms with Crippen LogP contribution in [0, 0.1) is 5.92 Å². The molecule has 2 fully saturated rings. The Balaban J connectivity index is 1.21. The minimum Gasteiger partial charge on any atom is -0.378 e. The molecule has 0 unspecified atom stereocenters. The lowest BCUT2D eigenvalue weighted by Gasteiger charge is -2.32. The van der Waals surface area contributed by atoms with Crippen molar-refractivity contribution in [3.05, 3.63) is 96.1 Å². The van der Waals surface area contributed by atoms with Crippen molar-refractivity contribution in [3.63, 3.8) is 0 Å². The number of ether oxygens (including phenoxy) is 1. The molecule has 186 valence electrons. The monoisotopic (exact) mass is 482 g/mol. The molecule has 2 aromatic rings. The molecule has 0 N–H and O–H groups in total. The Bertz CT molecular complexity index is 1100. The summed E-state index contributed by atoms with van der Waals surface area (Å²) in [5.41, 5.74) is 4.62. The molecule has 4 rings (SSSR count). The number of hydrogen-bond acceptors (Lipinski definition) is 5. The minimum atomic E-state index is 0.0884. The molecule has 0 saturated carbocycles. The van der Waals surface area contributed by atoms with E-state index in [0.29, 0.717) is 0 Å². The van der Waals surface area contributed by atoms with Gasteiger partial charge in [0.2, 0.25) is 0 Å². The van der Waals surface area contributed by atoms with Gasteiger partial charge in [-0.1, -0.05) is 60.7 Å². The summed E-state index contributed by atoms with van der Waals surface area (Å²) in [6.45, 7) is 5.21. The van der Waals surface area contributed by atoms with Crippen LogP contribution in [0.3, 0.4) is 0 Å². The summed E-state index contributed by atoms with van der Waals surface area (Å²) < 4.78 is 5.42. The number of allylic oxidation sites excluding steroid dienone is 6. The van der Waals surface area contributed by atoms with Crippen molar-refractivity contribution < 1.29 is 14.3 Å². The fraction of sp³-hybridized carbons (Fsp3) is 0.290. The molecule has 2 saturated heterocycles. The van der Waals surface area contributed by atoms with E-state index in [1.54, 1.807) is 12.2 Å². The second-order valence-corrected chi connectivity index (χ2v) is 9.04. The van der Waals surface area contributed by atoms with Gasteiger partial charge >= 0.3 is 0 Å². The summed E-state index contributed by atoms with van der Waals surface area (Å²) in [5.74, 6) is 0.302. The van der Waals surface area contributed by atoms with Crippen LogP contribution in [-0.2, 0) is 14.3 Å². The highest BCUT2D eigenvalue weighted by molar-refractivity contribution is 5.92. The number of carbonyl (C=O) groups excluding carboxylic acids is 2. The predicted molar refractivity (Wildman–Crippen MR) is 148 cm³/mol. The van der Waals surface area contributed by atoms with Gasteiger partial charge in [0.05, 0.1) is 13.2 Å². The average Bonchev–Trinajstić information content (AvgIpc) is 2.94. The average molecular weight is 483 g/mol. The highest BCUT2D eigenvalue weighted by Crippen LogP contribution is 2.25. The molecule has 36 heavy (non-hydrogen) atoms. The first-order valence-corrected chi connectivity index (χ1v) is 12.7. The molecule has 0 radical (unpaired) electrons. The van der Waals surface area contributed by atoms with E-state index in [-0.39, 0.29) is 11.7 Å². The zero-order chi connectivity index (χ0) is 25.0. The van der Waals surface area contributed by atoms with Gasteiger partial charge in [0.15, 0.2) is 5.78 Å². The molecule has 2 heterocycles. The Hall–Kier alpha value is -3.70. The molecule has 5 nitrogen and oxygen atoms in total. The largest absolute Gasteiger partial charge is 0.378 e. The Morgan fingerprint density at radius 1 is 0.694 bits per heavy atom. The number of rotatable bonds is 9. The van der Waals surface area contributed by atoms with Crippen LogP contribution in [0.15, 0.2) is 85.0 Å². The molecule has 0 atom stereocenters.